The molecule has 0 amide bonds. The van der Waals surface area contributed by atoms with E-state index in [-0.39, 0.29) is 5.97 Å². The normalized spacial score (nSPS) is 18.6. The van der Waals surface area contributed by atoms with E-state index in [0.29, 0.717) is 25.0 Å². The van der Waals surface area contributed by atoms with Crippen LogP contribution in [0.25, 0.3) is 0 Å². The van der Waals surface area contributed by atoms with E-state index in [1.165, 1.54) is 24.8 Å². The minimum Gasteiger partial charge on any atom is -0.463 e. The quantitative estimate of drug-likeness (QED) is 0.517. The first-order valence-corrected chi connectivity index (χ1v) is 7.74. The first-order valence-electron chi connectivity index (χ1n) is 7.74. The van der Waals surface area contributed by atoms with Gasteiger partial charge in [-0.2, -0.15) is 0 Å². The molecule has 0 radical (unpaired) electrons. The third kappa shape index (κ3) is 6.56. The zero-order chi connectivity index (χ0) is 15.2. The second-order valence-corrected chi connectivity index (χ2v) is 7.02. The van der Waals surface area contributed by atoms with Gasteiger partial charge in [0.2, 0.25) is 0 Å². The van der Waals surface area contributed by atoms with Crippen LogP contribution in [-0.4, -0.2) is 24.8 Å². The maximum Gasteiger partial charge on any atom is 0.305 e. The lowest BCUT2D eigenvalue weighted by atomic mass is 9.79. The predicted molar refractivity (Wildman–Crippen MR) is 81.6 cm³/mol. The second kappa shape index (κ2) is 7.26. The fourth-order valence-corrected chi connectivity index (χ4v) is 2.52. The fourth-order valence-electron chi connectivity index (χ4n) is 2.52. The predicted octanol–water partition coefficient (Wildman–Crippen LogP) is 4.26. The Hall–Kier alpha value is -0.830. The molecule has 0 atom stereocenters. The van der Waals surface area contributed by atoms with E-state index in [1.807, 2.05) is 13.8 Å². The van der Waals surface area contributed by atoms with Gasteiger partial charge in [0, 0.05) is 6.42 Å². The van der Waals surface area contributed by atoms with Gasteiger partial charge in [-0.25, -0.2) is 0 Å². The Balaban J connectivity index is 2.32. The molecule has 1 aliphatic rings. The Kier molecular flexibility index (Phi) is 6.25. The molecule has 0 aromatic carbocycles. The highest BCUT2D eigenvalue weighted by atomic mass is 16.6. The van der Waals surface area contributed by atoms with Gasteiger partial charge in [-0.3, -0.25) is 4.79 Å². The van der Waals surface area contributed by atoms with E-state index in [4.69, 9.17) is 9.47 Å². The largest absolute Gasteiger partial charge is 0.463 e. The van der Waals surface area contributed by atoms with Crippen LogP contribution in [0.1, 0.15) is 66.7 Å². The van der Waals surface area contributed by atoms with Crippen molar-refractivity contribution >= 4 is 5.97 Å². The summed E-state index contributed by atoms with van der Waals surface area (Å²) in [4.78, 5) is 11.2. The summed E-state index contributed by atoms with van der Waals surface area (Å²) in [6, 6.07) is 0. The molecule has 0 saturated heterocycles. The number of esters is 1. The lowest BCUT2D eigenvalue weighted by Gasteiger charge is -2.29. The minimum absolute atomic E-state index is 0.168. The van der Waals surface area contributed by atoms with Crippen LogP contribution in [0.2, 0.25) is 0 Å². The van der Waals surface area contributed by atoms with E-state index < -0.39 is 5.60 Å². The summed E-state index contributed by atoms with van der Waals surface area (Å²) in [5.74, 6) is -0.168. The Bertz CT molecular complexity index is 353. The van der Waals surface area contributed by atoms with Crippen molar-refractivity contribution in [2.45, 2.75) is 72.3 Å². The average molecular weight is 282 g/mol. The average Bonchev–Trinajstić information content (AvgIpc) is 2.34. The number of ether oxygens (including phenoxy) is 2. The standard InChI is InChI=1S/C17H30O3/c1-6-15(18)19-13-17(4,5)20-11-9-14-8-7-10-16(2,3)12-14/h12H,6-11,13H2,1-5H3. The van der Waals surface area contributed by atoms with E-state index in [9.17, 15) is 4.79 Å². The Morgan fingerprint density at radius 3 is 2.70 bits per heavy atom. The maximum absolute atomic E-state index is 11.2. The van der Waals surface area contributed by atoms with Crippen molar-refractivity contribution in [2.24, 2.45) is 5.41 Å². The molecule has 0 spiro atoms. The van der Waals surface area contributed by atoms with Gasteiger partial charge < -0.3 is 9.47 Å². The van der Waals surface area contributed by atoms with Crippen molar-refractivity contribution in [1.82, 2.24) is 0 Å². The number of allylic oxidation sites excluding steroid dienone is 1. The fraction of sp³-hybridized carbons (Fsp3) is 0.824. The summed E-state index contributed by atoms with van der Waals surface area (Å²) in [5.41, 5.74) is 1.43. The number of carbonyl (C=O) groups excluding carboxylic acids is 1. The molecule has 0 N–H and O–H groups in total. The highest BCUT2D eigenvalue weighted by Crippen LogP contribution is 2.34. The molecule has 3 nitrogen and oxygen atoms in total. The molecule has 0 fully saturated rings. The van der Waals surface area contributed by atoms with Crippen LogP contribution >= 0.6 is 0 Å². The third-order valence-corrected chi connectivity index (χ3v) is 3.70. The number of hydrogen-bond donors (Lipinski definition) is 0. The smallest absolute Gasteiger partial charge is 0.305 e. The van der Waals surface area contributed by atoms with Crippen LogP contribution in [0, 0.1) is 5.41 Å². The summed E-state index contributed by atoms with van der Waals surface area (Å²) < 4.78 is 11.0. The van der Waals surface area contributed by atoms with Crippen molar-refractivity contribution in [1.29, 1.82) is 0 Å². The molecule has 20 heavy (non-hydrogen) atoms. The lowest BCUT2D eigenvalue weighted by Crippen LogP contribution is -2.32. The van der Waals surface area contributed by atoms with E-state index in [2.05, 4.69) is 19.9 Å². The highest BCUT2D eigenvalue weighted by Gasteiger charge is 2.23. The van der Waals surface area contributed by atoms with E-state index >= 15 is 0 Å². The van der Waals surface area contributed by atoms with Crippen LogP contribution in [0.4, 0.5) is 0 Å². The number of carbonyl (C=O) groups is 1. The van der Waals surface area contributed by atoms with Gasteiger partial charge in [-0.1, -0.05) is 32.4 Å². The van der Waals surface area contributed by atoms with Gasteiger partial charge in [0.25, 0.3) is 0 Å². The van der Waals surface area contributed by atoms with Gasteiger partial charge in [0.05, 0.1) is 12.2 Å². The first-order chi connectivity index (χ1) is 9.24. The summed E-state index contributed by atoms with van der Waals surface area (Å²) in [7, 11) is 0. The molecular weight excluding hydrogens is 252 g/mol. The number of rotatable bonds is 7. The molecule has 0 aromatic heterocycles. The van der Waals surface area contributed by atoms with Gasteiger partial charge in [-0.05, 0) is 44.9 Å². The first kappa shape index (κ1) is 17.2. The lowest BCUT2D eigenvalue weighted by molar-refractivity contribution is -0.152. The molecule has 0 unspecified atom stereocenters. The van der Waals surface area contributed by atoms with E-state index in [1.54, 1.807) is 6.92 Å². The molecule has 0 saturated carbocycles. The molecular formula is C17H30O3. The van der Waals surface area contributed by atoms with Gasteiger partial charge >= 0.3 is 5.97 Å². The number of hydrogen-bond acceptors (Lipinski definition) is 3. The molecule has 0 bridgehead atoms. The Morgan fingerprint density at radius 1 is 1.40 bits per heavy atom. The summed E-state index contributed by atoms with van der Waals surface area (Å²) >= 11 is 0. The summed E-state index contributed by atoms with van der Waals surface area (Å²) in [5, 5.41) is 0. The molecule has 0 aromatic rings. The summed E-state index contributed by atoms with van der Waals surface area (Å²) in [6.45, 7) is 11.3. The van der Waals surface area contributed by atoms with Gasteiger partial charge in [0.15, 0.2) is 0 Å². The van der Waals surface area contributed by atoms with Crippen LogP contribution in [-0.2, 0) is 14.3 Å². The van der Waals surface area contributed by atoms with Crippen molar-refractivity contribution in [3.8, 4) is 0 Å². The molecule has 3 heteroatoms. The van der Waals surface area contributed by atoms with Crippen LogP contribution < -0.4 is 0 Å². The zero-order valence-corrected chi connectivity index (χ0v) is 13.8. The zero-order valence-electron chi connectivity index (χ0n) is 13.8. The van der Waals surface area contributed by atoms with Crippen LogP contribution in [0.5, 0.6) is 0 Å². The van der Waals surface area contributed by atoms with Crippen molar-refractivity contribution in [2.75, 3.05) is 13.2 Å². The third-order valence-electron chi connectivity index (χ3n) is 3.70. The van der Waals surface area contributed by atoms with E-state index in [0.717, 1.165) is 6.42 Å². The Morgan fingerprint density at radius 2 is 2.10 bits per heavy atom. The van der Waals surface area contributed by atoms with Crippen molar-refractivity contribution in [3.05, 3.63) is 11.6 Å². The topological polar surface area (TPSA) is 35.5 Å². The molecule has 0 heterocycles. The van der Waals surface area contributed by atoms with Gasteiger partial charge in [0.1, 0.15) is 6.61 Å². The van der Waals surface area contributed by atoms with Gasteiger partial charge in [-0.15, -0.1) is 0 Å². The maximum atomic E-state index is 11.2. The highest BCUT2D eigenvalue weighted by molar-refractivity contribution is 5.68. The van der Waals surface area contributed by atoms with Crippen molar-refractivity contribution < 1.29 is 14.3 Å². The second-order valence-electron chi connectivity index (χ2n) is 7.02. The molecule has 1 aliphatic carbocycles. The molecule has 0 aliphatic heterocycles. The summed E-state index contributed by atoms with van der Waals surface area (Å²) in [6.07, 6.45) is 7.54. The minimum atomic E-state index is -0.407. The Labute approximate surface area is 123 Å². The SMILES string of the molecule is CCC(=O)OCC(C)(C)OCCC1=CC(C)(C)CCC1. The van der Waals surface area contributed by atoms with Crippen LogP contribution in [0.3, 0.4) is 0 Å². The molecule has 1 rings (SSSR count). The monoisotopic (exact) mass is 282 g/mol. The van der Waals surface area contributed by atoms with Crippen molar-refractivity contribution in [3.63, 3.8) is 0 Å². The molecule has 116 valence electrons. The van der Waals surface area contributed by atoms with Crippen LogP contribution in [0.15, 0.2) is 11.6 Å².